The Morgan fingerprint density at radius 3 is 2.77 bits per heavy atom. The van der Waals surface area contributed by atoms with Crippen molar-refractivity contribution < 1.29 is 13.7 Å². The zero-order chi connectivity index (χ0) is 14.9. The fraction of sp³-hybridized carbons (Fsp3) is 0.429. The monoisotopic (exact) mass is 391 g/mol. The summed E-state index contributed by atoms with van der Waals surface area (Å²) in [5.74, 6) is 1.08. The number of nitrogens with zero attached hydrogens (tertiary/aromatic N) is 2. The van der Waals surface area contributed by atoms with Gasteiger partial charge in [-0.3, -0.25) is 0 Å². The molecule has 120 valence electrons. The molecule has 0 atom stereocenters. The normalized spacial score (nSPS) is 16.3. The van der Waals surface area contributed by atoms with Gasteiger partial charge in [-0.1, -0.05) is 18.0 Å². The van der Waals surface area contributed by atoms with Gasteiger partial charge in [-0.25, -0.2) is 4.39 Å². The highest BCUT2D eigenvalue weighted by Gasteiger charge is 2.35. The van der Waals surface area contributed by atoms with Crippen LogP contribution in [0.3, 0.4) is 0 Å². The van der Waals surface area contributed by atoms with Crippen molar-refractivity contribution in [2.24, 2.45) is 5.73 Å². The average Bonchev–Trinajstić information content (AvgIpc) is 3.08. The Labute approximate surface area is 141 Å². The van der Waals surface area contributed by atoms with Crippen molar-refractivity contribution in [2.75, 3.05) is 0 Å². The van der Waals surface area contributed by atoms with Crippen LogP contribution >= 0.6 is 28.3 Å². The zero-order valence-electron chi connectivity index (χ0n) is 11.7. The van der Waals surface area contributed by atoms with Gasteiger partial charge in [0.15, 0.2) is 12.4 Å². The van der Waals surface area contributed by atoms with Crippen LogP contribution < -0.4 is 10.5 Å². The van der Waals surface area contributed by atoms with Crippen LogP contribution in [-0.4, -0.2) is 10.1 Å². The maximum Gasteiger partial charge on any atom is 0.264 e. The zero-order valence-corrected chi connectivity index (χ0v) is 14.1. The molecule has 0 spiro atoms. The molecule has 8 heteroatoms. The SMILES string of the molecule is Cl.NC1(c2noc(COc3ccc(F)cc3Br)n2)CCCC1. The molecule has 22 heavy (non-hydrogen) atoms. The first kappa shape index (κ1) is 17.2. The van der Waals surface area contributed by atoms with Gasteiger partial charge in [0.2, 0.25) is 0 Å². The molecule has 0 radical (unpaired) electrons. The van der Waals surface area contributed by atoms with E-state index in [4.69, 9.17) is 15.0 Å². The Kier molecular flexibility index (Phi) is 5.41. The van der Waals surface area contributed by atoms with Crippen molar-refractivity contribution in [3.8, 4) is 5.75 Å². The molecule has 5 nitrogen and oxygen atoms in total. The van der Waals surface area contributed by atoms with E-state index in [1.54, 1.807) is 0 Å². The molecule has 1 aliphatic rings. The Bertz CT molecular complexity index is 647. The lowest BCUT2D eigenvalue weighted by atomic mass is 9.99. The second-order valence-electron chi connectivity index (χ2n) is 5.24. The van der Waals surface area contributed by atoms with Crippen molar-refractivity contribution in [2.45, 2.75) is 37.8 Å². The topological polar surface area (TPSA) is 74.2 Å². The van der Waals surface area contributed by atoms with E-state index in [2.05, 4.69) is 26.1 Å². The largest absolute Gasteiger partial charge is 0.483 e. The Morgan fingerprint density at radius 1 is 1.36 bits per heavy atom. The Balaban J connectivity index is 0.00000176. The van der Waals surface area contributed by atoms with Crippen molar-refractivity contribution in [1.29, 1.82) is 0 Å². The number of hydrogen-bond acceptors (Lipinski definition) is 5. The maximum atomic E-state index is 13.0. The predicted molar refractivity (Wildman–Crippen MR) is 84.3 cm³/mol. The van der Waals surface area contributed by atoms with E-state index in [-0.39, 0.29) is 24.8 Å². The summed E-state index contributed by atoms with van der Waals surface area (Å²) in [7, 11) is 0. The Morgan fingerprint density at radius 2 is 2.09 bits per heavy atom. The third-order valence-electron chi connectivity index (χ3n) is 3.65. The molecular weight excluding hydrogens is 377 g/mol. The van der Waals surface area contributed by atoms with E-state index >= 15 is 0 Å². The van der Waals surface area contributed by atoms with E-state index in [1.165, 1.54) is 18.2 Å². The van der Waals surface area contributed by atoms with Crippen LogP contribution in [0.2, 0.25) is 0 Å². The molecule has 1 aliphatic carbocycles. The van der Waals surface area contributed by atoms with Gasteiger partial charge in [0.05, 0.1) is 10.0 Å². The second-order valence-corrected chi connectivity index (χ2v) is 6.09. The summed E-state index contributed by atoms with van der Waals surface area (Å²) in [6.07, 6.45) is 3.91. The van der Waals surface area contributed by atoms with Crippen LogP contribution in [0.4, 0.5) is 4.39 Å². The van der Waals surface area contributed by atoms with Crippen molar-refractivity contribution in [3.05, 3.63) is 40.2 Å². The molecule has 2 N–H and O–H groups in total. The quantitative estimate of drug-likeness (QED) is 0.859. The summed E-state index contributed by atoms with van der Waals surface area (Å²) < 4.78 is 24.2. The molecule has 1 heterocycles. The average molecular weight is 393 g/mol. The van der Waals surface area contributed by atoms with Crippen molar-refractivity contribution in [3.63, 3.8) is 0 Å². The summed E-state index contributed by atoms with van der Waals surface area (Å²) in [5.41, 5.74) is 5.79. The fourth-order valence-electron chi connectivity index (χ4n) is 2.48. The predicted octanol–water partition coefficient (Wildman–Crippen LogP) is 3.70. The van der Waals surface area contributed by atoms with Gasteiger partial charge in [0.1, 0.15) is 11.6 Å². The van der Waals surface area contributed by atoms with E-state index in [0.717, 1.165) is 25.7 Å². The van der Waals surface area contributed by atoms with Crippen LogP contribution in [-0.2, 0) is 12.1 Å². The minimum absolute atomic E-state index is 0. The first-order valence-electron chi connectivity index (χ1n) is 6.77. The lowest BCUT2D eigenvalue weighted by molar-refractivity contribution is 0.240. The van der Waals surface area contributed by atoms with Gasteiger partial charge >= 0.3 is 0 Å². The molecule has 0 amide bonds. The highest BCUT2D eigenvalue weighted by Crippen LogP contribution is 2.34. The maximum absolute atomic E-state index is 13.0. The van der Waals surface area contributed by atoms with E-state index in [0.29, 0.717) is 21.9 Å². The van der Waals surface area contributed by atoms with Crippen LogP contribution in [0.5, 0.6) is 5.75 Å². The van der Waals surface area contributed by atoms with E-state index < -0.39 is 5.54 Å². The lowest BCUT2D eigenvalue weighted by Gasteiger charge is -2.17. The van der Waals surface area contributed by atoms with Gasteiger partial charge in [0, 0.05) is 0 Å². The van der Waals surface area contributed by atoms with Gasteiger partial charge in [0.25, 0.3) is 5.89 Å². The minimum atomic E-state index is -0.474. The van der Waals surface area contributed by atoms with Gasteiger partial charge in [-0.05, 0) is 47.0 Å². The van der Waals surface area contributed by atoms with Gasteiger partial charge < -0.3 is 15.0 Å². The third kappa shape index (κ3) is 3.59. The Hall–Kier alpha value is -1.18. The molecule has 1 fully saturated rings. The number of aromatic nitrogens is 2. The van der Waals surface area contributed by atoms with Crippen molar-refractivity contribution in [1.82, 2.24) is 10.1 Å². The molecule has 3 rings (SSSR count). The lowest BCUT2D eigenvalue weighted by Crippen LogP contribution is -2.34. The number of benzene rings is 1. The molecule has 0 bridgehead atoms. The van der Waals surface area contributed by atoms with Crippen molar-refractivity contribution >= 4 is 28.3 Å². The summed E-state index contributed by atoms with van der Waals surface area (Å²) in [5, 5.41) is 3.96. The second kappa shape index (κ2) is 6.93. The van der Waals surface area contributed by atoms with E-state index in [1.807, 2.05) is 0 Å². The first-order valence-corrected chi connectivity index (χ1v) is 7.56. The molecule has 1 aromatic heterocycles. The minimum Gasteiger partial charge on any atom is -0.483 e. The smallest absolute Gasteiger partial charge is 0.264 e. The molecule has 0 saturated heterocycles. The third-order valence-corrected chi connectivity index (χ3v) is 4.27. The molecule has 0 aliphatic heterocycles. The highest BCUT2D eigenvalue weighted by atomic mass is 79.9. The number of hydrogen-bond donors (Lipinski definition) is 1. The van der Waals surface area contributed by atoms with Gasteiger partial charge in [-0.2, -0.15) is 4.98 Å². The fourth-order valence-corrected chi connectivity index (χ4v) is 2.94. The number of ether oxygens (including phenoxy) is 1. The molecule has 2 aromatic rings. The van der Waals surface area contributed by atoms with Crippen LogP contribution in [0.15, 0.2) is 27.2 Å². The molecular formula is C14H16BrClFN3O2. The summed E-state index contributed by atoms with van der Waals surface area (Å²) in [6.45, 7) is 0.118. The standard InChI is InChI=1S/C14H15BrFN3O2.ClH/c15-10-7-9(16)3-4-11(10)20-8-12-18-13(19-21-12)14(17)5-1-2-6-14;/h3-4,7H,1-2,5-6,8,17H2;1H. The molecule has 1 saturated carbocycles. The van der Waals surface area contributed by atoms with Crippen LogP contribution in [0.25, 0.3) is 0 Å². The summed E-state index contributed by atoms with van der Waals surface area (Å²) in [6, 6.07) is 4.20. The summed E-state index contributed by atoms with van der Waals surface area (Å²) >= 11 is 3.24. The van der Waals surface area contributed by atoms with E-state index in [9.17, 15) is 4.39 Å². The molecule has 0 unspecified atom stereocenters. The number of halogens is 3. The van der Waals surface area contributed by atoms with Gasteiger partial charge in [-0.15, -0.1) is 12.4 Å². The van der Waals surface area contributed by atoms with Crippen LogP contribution in [0, 0.1) is 5.82 Å². The summed E-state index contributed by atoms with van der Waals surface area (Å²) in [4.78, 5) is 4.31. The number of nitrogens with two attached hydrogens (primary N) is 1. The molecule has 1 aromatic carbocycles. The highest BCUT2D eigenvalue weighted by molar-refractivity contribution is 9.10. The van der Waals surface area contributed by atoms with Crippen LogP contribution in [0.1, 0.15) is 37.4 Å². The first-order chi connectivity index (χ1) is 10.1. The number of rotatable bonds is 4.